The molecule has 3 nitrogen and oxygen atoms in total. The van der Waals surface area contributed by atoms with Crippen LogP contribution in [0.2, 0.25) is 0 Å². The third-order valence-corrected chi connectivity index (χ3v) is 4.16. The maximum absolute atomic E-state index is 9.35. The summed E-state index contributed by atoms with van der Waals surface area (Å²) in [6.45, 7) is 8.84. The van der Waals surface area contributed by atoms with Crippen LogP contribution in [0.25, 0.3) is 0 Å². The van der Waals surface area contributed by atoms with E-state index in [9.17, 15) is 5.11 Å². The molecule has 0 bridgehead atoms. The Morgan fingerprint density at radius 2 is 1.89 bits per heavy atom. The number of rotatable bonds is 6. The normalized spacial score (nSPS) is 19.8. The van der Waals surface area contributed by atoms with Crippen molar-refractivity contribution in [3.05, 3.63) is 29.8 Å². The molecule has 1 N–H and O–H groups in total. The molecule has 2 rings (SSSR count). The molecule has 0 saturated carbocycles. The fourth-order valence-corrected chi connectivity index (χ4v) is 2.95. The zero-order chi connectivity index (χ0) is 13.7. The first-order valence-electron chi connectivity index (χ1n) is 7.47. The summed E-state index contributed by atoms with van der Waals surface area (Å²) in [5.41, 5.74) is 2.64. The number of nitrogens with zero attached hydrogens (tertiary/aromatic N) is 2. The molecule has 1 fully saturated rings. The minimum absolute atomic E-state index is 0.289. The van der Waals surface area contributed by atoms with Gasteiger partial charge >= 0.3 is 0 Å². The SMILES string of the molecule is CCN(CC)c1ccc(CN2CCC[C@@H]2CO)cc1. The summed E-state index contributed by atoms with van der Waals surface area (Å²) in [6.07, 6.45) is 2.34. The van der Waals surface area contributed by atoms with Crippen molar-refractivity contribution < 1.29 is 5.11 Å². The molecular formula is C16H26N2O. The van der Waals surface area contributed by atoms with Crippen molar-refractivity contribution in [1.82, 2.24) is 4.90 Å². The van der Waals surface area contributed by atoms with Crippen molar-refractivity contribution >= 4 is 5.69 Å². The van der Waals surface area contributed by atoms with E-state index in [1.165, 1.54) is 17.7 Å². The van der Waals surface area contributed by atoms with Gasteiger partial charge in [0.15, 0.2) is 0 Å². The lowest BCUT2D eigenvalue weighted by Crippen LogP contribution is -2.31. The van der Waals surface area contributed by atoms with Crippen LogP contribution in [0.5, 0.6) is 0 Å². The maximum atomic E-state index is 9.35. The van der Waals surface area contributed by atoms with E-state index in [0.29, 0.717) is 6.04 Å². The first-order chi connectivity index (χ1) is 9.28. The summed E-state index contributed by atoms with van der Waals surface area (Å²) in [6, 6.07) is 9.24. The Kier molecular flexibility index (Phi) is 5.23. The number of aliphatic hydroxyl groups excluding tert-OH is 1. The van der Waals surface area contributed by atoms with Gasteiger partial charge in [-0.1, -0.05) is 12.1 Å². The molecule has 1 heterocycles. The molecule has 1 aliphatic rings. The van der Waals surface area contributed by atoms with Gasteiger partial charge in [0.25, 0.3) is 0 Å². The third kappa shape index (κ3) is 3.48. The highest BCUT2D eigenvalue weighted by Gasteiger charge is 2.23. The Hall–Kier alpha value is -1.06. The second kappa shape index (κ2) is 6.92. The first kappa shape index (κ1) is 14.4. The van der Waals surface area contributed by atoms with Crippen molar-refractivity contribution in [2.75, 3.05) is 31.1 Å². The van der Waals surface area contributed by atoms with Gasteiger partial charge in [-0.3, -0.25) is 4.90 Å². The molecule has 0 amide bonds. The Balaban J connectivity index is 1.98. The zero-order valence-corrected chi connectivity index (χ0v) is 12.2. The molecule has 3 heteroatoms. The van der Waals surface area contributed by atoms with E-state index in [1.54, 1.807) is 0 Å². The largest absolute Gasteiger partial charge is 0.395 e. The van der Waals surface area contributed by atoms with E-state index in [1.807, 2.05) is 0 Å². The van der Waals surface area contributed by atoms with Gasteiger partial charge in [0.05, 0.1) is 6.61 Å². The average molecular weight is 262 g/mol. The molecular weight excluding hydrogens is 236 g/mol. The highest BCUT2D eigenvalue weighted by atomic mass is 16.3. The fourth-order valence-electron chi connectivity index (χ4n) is 2.95. The van der Waals surface area contributed by atoms with Crippen LogP contribution in [0, 0.1) is 0 Å². The number of aliphatic hydroxyl groups is 1. The Labute approximate surface area is 116 Å². The van der Waals surface area contributed by atoms with Crippen LogP contribution in [0.15, 0.2) is 24.3 Å². The minimum atomic E-state index is 0.289. The van der Waals surface area contributed by atoms with Crippen LogP contribution in [0.1, 0.15) is 32.3 Å². The highest BCUT2D eigenvalue weighted by molar-refractivity contribution is 5.47. The molecule has 0 radical (unpaired) electrons. The van der Waals surface area contributed by atoms with Gasteiger partial charge in [0.2, 0.25) is 0 Å². The molecule has 19 heavy (non-hydrogen) atoms. The molecule has 106 valence electrons. The molecule has 1 aromatic rings. The standard InChI is InChI=1S/C16H26N2O/c1-3-17(4-2)15-9-7-14(8-10-15)12-18-11-5-6-16(18)13-19/h7-10,16,19H,3-6,11-13H2,1-2H3/t16-/m1/s1. The topological polar surface area (TPSA) is 26.7 Å². The maximum Gasteiger partial charge on any atom is 0.0587 e. The molecule has 0 spiro atoms. The van der Waals surface area contributed by atoms with Crippen molar-refractivity contribution in [2.45, 2.75) is 39.3 Å². The van der Waals surface area contributed by atoms with Gasteiger partial charge in [0.1, 0.15) is 0 Å². The monoisotopic (exact) mass is 262 g/mol. The van der Waals surface area contributed by atoms with Gasteiger partial charge in [-0.15, -0.1) is 0 Å². The molecule has 0 aromatic heterocycles. The van der Waals surface area contributed by atoms with Gasteiger partial charge in [0, 0.05) is 31.4 Å². The molecule has 1 aliphatic heterocycles. The van der Waals surface area contributed by atoms with Crippen molar-refractivity contribution in [2.24, 2.45) is 0 Å². The molecule has 0 aliphatic carbocycles. The molecule has 0 unspecified atom stereocenters. The van der Waals surface area contributed by atoms with E-state index < -0.39 is 0 Å². The van der Waals surface area contributed by atoms with Gasteiger partial charge in [-0.25, -0.2) is 0 Å². The summed E-state index contributed by atoms with van der Waals surface area (Å²) in [7, 11) is 0. The Morgan fingerprint density at radius 3 is 2.47 bits per heavy atom. The minimum Gasteiger partial charge on any atom is -0.395 e. The molecule has 1 aromatic carbocycles. The first-order valence-corrected chi connectivity index (χ1v) is 7.47. The highest BCUT2D eigenvalue weighted by Crippen LogP contribution is 2.21. The summed E-state index contributed by atoms with van der Waals surface area (Å²) in [4.78, 5) is 4.75. The van der Waals surface area contributed by atoms with Crippen LogP contribution < -0.4 is 4.90 Å². The van der Waals surface area contributed by atoms with Crippen molar-refractivity contribution in [3.8, 4) is 0 Å². The number of hydrogen-bond donors (Lipinski definition) is 1. The Morgan fingerprint density at radius 1 is 1.21 bits per heavy atom. The van der Waals surface area contributed by atoms with Crippen LogP contribution in [-0.4, -0.2) is 42.3 Å². The predicted octanol–water partition coefficient (Wildman–Crippen LogP) is 2.49. The summed E-state index contributed by atoms with van der Waals surface area (Å²) >= 11 is 0. The van der Waals surface area contributed by atoms with Crippen LogP contribution in [-0.2, 0) is 6.54 Å². The lowest BCUT2D eigenvalue weighted by atomic mass is 10.1. The van der Waals surface area contributed by atoms with Crippen molar-refractivity contribution in [3.63, 3.8) is 0 Å². The summed E-state index contributed by atoms with van der Waals surface area (Å²) in [5, 5.41) is 9.35. The smallest absolute Gasteiger partial charge is 0.0587 e. The lowest BCUT2D eigenvalue weighted by Gasteiger charge is -2.24. The second-order valence-electron chi connectivity index (χ2n) is 5.29. The summed E-state index contributed by atoms with van der Waals surface area (Å²) in [5.74, 6) is 0. The lowest BCUT2D eigenvalue weighted by molar-refractivity contribution is 0.153. The third-order valence-electron chi connectivity index (χ3n) is 4.16. The van der Waals surface area contributed by atoms with Gasteiger partial charge < -0.3 is 10.0 Å². The fraction of sp³-hybridized carbons (Fsp3) is 0.625. The van der Waals surface area contributed by atoms with Gasteiger partial charge in [-0.2, -0.15) is 0 Å². The zero-order valence-electron chi connectivity index (χ0n) is 12.2. The number of likely N-dealkylation sites (tertiary alicyclic amines) is 1. The second-order valence-corrected chi connectivity index (χ2v) is 5.29. The quantitative estimate of drug-likeness (QED) is 0.853. The average Bonchev–Trinajstić information content (AvgIpc) is 2.89. The van der Waals surface area contributed by atoms with Crippen LogP contribution >= 0.6 is 0 Å². The van der Waals surface area contributed by atoms with E-state index in [4.69, 9.17) is 0 Å². The Bertz CT molecular complexity index is 373. The van der Waals surface area contributed by atoms with E-state index in [-0.39, 0.29) is 6.61 Å². The van der Waals surface area contributed by atoms with Crippen LogP contribution in [0.3, 0.4) is 0 Å². The van der Waals surface area contributed by atoms with E-state index in [2.05, 4.69) is 47.9 Å². The number of benzene rings is 1. The van der Waals surface area contributed by atoms with E-state index >= 15 is 0 Å². The predicted molar refractivity (Wildman–Crippen MR) is 80.5 cm³/mol. The molecule has 1 atom stereocenters. The summed E-state index contributed by atoms with van der Waals surface area (Å²) < 4.78 is 0. The number of anilines is 1. The number of hydrogen-bond acceptors (Lipinski definition) is 3. The van der Waals surface area contributed by atoms with Gasteiger partial charge in [-0.05, 0) is 50.9 Å². The van der Waals surface area contributed by atoms with Crippen molar-refractivity contribution in [1.29, 1.82) is 0 Å². The van der Waals surface area contributed by atoms with Crippen LogP contribution in [0.4, 0.5) is 5.69 Å². The molecule has 1 saturated heterocycles. The van der Waals surface area contributed by atoms with E-state index in [0.717, 1.165) is 32.6 Å².